The van der Waals surface area contributed by atoms with Gasteiger partial charge in [0.15, 0.2) is 0 Å². The molecule has 1 fully saturated rings. The van der Waals surface area contributed by atoms with Crippen LogP contribution in [0.1, 0.15) is 13.8 Å². The van der Waals surface area contributed by atoms with Crippen molar-refractivity contribution in [2.75, 3.05) is 31.1 Å². The molecule has 2 rings (SSSR count). The summed E-state index contributed by atoms with van der Waals surface area (Å²) in [6.45, 7) is 6.51. The first-order valence-electron chi connectivity index (χ1n) is 6.47. The number of rotatable bonds is 2. The first kappa shape index (κ1) is 17.1. The lowest BCUT2D eigenvalue weighted by molar-refractivity contribution is -0.136. The number of hydrogen-bond donors (Lipinski definition) is 1. The minimum Gasteiger partial charge on any atom is -0.368 e. The lowest BCUT2D eigenvalue weighted by Crippen LogP contribution is -2.57. The molecular weight excluding hydrogens is 297 g/mol. The first-order valence-corrected chi connectivity index (χ1v) is 6.84. The summed E-state index contributed by atoms with van der Waals surface area (Å²) in [7, 11) is 0. The fourth-order valence-electron chi connectivity index (χ4n) is 2.25. The van der Waals surface area contributed by atoms with Crippen molar-refractivity contribution < 1.29 is 4.79 Å². The molecule has 0 saturated carbocycles. The van der Waals surface area contributed by atoms with E-state index in [1.165, 1.54) is 0 Å². The van der Waals surface area contributed by atoms with E-state index in [0.717, 1.165) is 23.8 Å². The van der Waals surface area contributed by atoms with Gasteiger partial charge in [-0.05, 0) is 32.0 Å². The molecule has 112 valence electrons. The molecule has 0 aliphatic carbocycles. The predicted octanol–water partition coefficient (Wildman–Crippen LogP) is 2.15. The Labute approximate surface area is 131 Å². The molecule has 0 unspecified atom stereocenters. The summed E-state index contributed by atoms with van der Waals surface area (Å²) < 4.78 is 0. The fourth-order valence-corrected chi connectivity index (χ4v) is 2.43. The van der Waals surface area contributed by atoms with Crippen LogP contribution in [0.4, 0.5) is 5.69 Å². The van der Waals surface area contributed by atoms with Crippen LogP contribution in [0.25, 0.3) is 0 Å². The molecule has 2 N–H and O–H groups in total. The van der Waals surface area contributed by atoms with Crippen LogP contribution in [-0.2, 0) is 4.79 Å². The number of hydrogen-bond acceptors (Lipinski definition) is 3. The molecule has 1 aromatic rings. The zero-order chi connectivity index (χ0) is 14.0. The lowest BCUT2D eigenvalue weighted by Gasteiger charge is -2.38. The first-order chi connectivity index (χ1) is 8.88. The Balaban J connectivity index is 0.00000200. The highest BCUT2D eigenvalue weighted by atomic mass is 35.5. The van der Waals surface area contributed by atoms with Gasteiger partial charge in [-0.15, -0.1) is 12.4 Å². The monoisotopic (exact) mass is 317 g/mol. The molecule has 6 heteroatoms. The summed E-state index contributed by atoms with van der Waals surface area (Å²) in [5, 5.41) is 0.735. The molecular formula is C14H21Cl2N3O. The van der Waals surface area contributed by atoms with Gasteiger partial charge in [-0.2, -0.15) is 0 Å². The lowest BCUT2D eigenvalue weighted by atomic mass is 10.0. The molecule has 0 bridgehead atoms. The molecule has 0 radical (unpaired) electrons. The zero-order valence-corrected chi connectivity index (χ0v) is 13.4. The van der Waals surface area contributed by atoms with Crippen molar-refractivity contribution in [3.05, 3.63) is 29.3 Å². The number of carbonyl (C=O) groups excluding carboxylic acids is 1. The van der Waals surface area contributed by atoms with E-state index in [9.17, 15) is 4.79 Å². The molecule has 20 heavy (non-hydrogen) atoms. The topological polar surface area (TPSA) is 49.6 Å². The van der Waals surface area contributed by atoms with Gasteiger partial charge in [-0.3, -0.25) is 4.79 Å². The second-order valence-electron chi connectivity index (χ2n) is 5.48. The quantitative estimate of drug-likeness (QED) is 0.909. The van der Waals surface area contributed by atoms with Crippen LogP contribution < -0.4 is 10.6 Å². The predicted molar refractivity (Wildman–Crippen MR) is 85.8 cm³/mol. The maximum atomic E-state index is 12.1. The van der Waals surface area contributed by atoms with Gasteiger partial charge in [0.1, 0.15) is 0 Å². The Morgan fingerprint density at radius 1 is 1.25 bits per heavy atom. The number of anilines is 1. The smallest absolute Gasteiger partial charge is 0.242 e. The maximum Gasteiger partial charge on any atom is 0.242 e. The van der Waals surface area contributed by atoms with Crippen molar-refractivity contribution in [3.8, 4) is 0 Å². The highest BCUT2D eigenvalue weighted by Crippen LogP contribution is 2.21. The van der Waals surface area contributed by atoms with Crippen LogP contribution in [-0.4, -0.2) is 42.5 Å². The molecule has 1 heterocycles. The molecule has 1 aliphatic heterocycles. The van der Waals surface area contributed by atoms with Crippen molar-refractivity contribution >= 4 is 35.6 Å². The summed E-state index contributed by atoms with van der Waals surface area (Å²) in [4.78, 5) is 16.1. The van der Waals surface area contributed by atoms with E-state index in [2.05, 4.69) is 4.90 Å². The van der Waals surface area contributed by atoms with E-state index in [1.54, 1.807) is 13.8 Å². The third-order valence-electron chi connectivity index (χ3n) is 3.29. The van der Waals surface area contributed by atoms with Crippen LogP contribution in [0.5, 0.6) is 0 Å². The van der Waals surface area contributed by atoms with Gasteiger partial charge in [-0.1, -0.05) is 17.7 Å². The molecule has 1 aliphatic rings. The van der Waals surface area contributed by atoms with Crippen molar-refractivity contribution in [3.63, 3.8) is 0 Å². The van der Waals surface area contributed by atoms with E-state index >= 15 is 0 Å². The largest absolute Gasteiger partial charge is 0.368 e. The number of amides is 1. The van der Waals surface area contributed by atoms with Crippen LogP contribution in [0.15, 0.2) is 24.3 Å². The maximum absolute atomic E-state index is 12.1. The zero-order valence-electron chi connectivity index (χ0n) is 11.8. The van der Waals surface area contributed by atoms with Gasteiger partial charge in [0, 0.05) is 36.9 Å². The molecule has 1 aromatic carbocycles. The van der Waals surface area contributed by atoms with E-state index in [1.807, 2.05) is 29.2 Å². The number of nitrogens with zero attached hydrogens (tertiary/aromatic N) is 2. The summed E-state index contributed by atoms with van der Waals surface area (Å²) in [5.41, 5.74) is 6.16. The average Bonchev–Trinajstić information content (AvgIpc) is 2.37. The van der Waals surface area contributed by atoms with Crippen LogP contribution in [0.3, 0.4) is 0 Å². The van der Waals surface area contributed by atoms with E-state index in [0.29, 0.717) is 13.1 Å². The minimum absolute atomic E-state index is 0. The second-order valence-corrected chi connectivity index (χ2v) is 5.92. The second kappa shape index (κ2) is 6.66. The van der Waals surface area contributed by atoms with Gasteiger partial charge >= 0.3 is 0 Å². The highest BCUT2D eigenvalue weighted by Gasteiger charge is 2.30. The van der Waals surface area contributed by atoms with Gasteiger partial charge in [0.05, 0.1) is 5.54 Å². The Bertz CT molecular complexity index is 466. The van der Waals surface area contributed by atoms with Crippen molar-refractivity contribution in [2.45, 2.75) is 19.4 Å². The van der Waals surface area contributed by atoms with E-state index in [-0.39, 0.29) is 18.3 Å². The molecule has 0 spiro atoms. The van der Waals surface area contributed by atoms with Crippen molar-refractivity contribution in [1.82, 2.24) is 4.90 Å². The molecule has 4 nitrogen and oxygen atoms in total. The normalized spacial score (nSPS) is 15.8. The fraction of sp³-hybridized carbons (Fsp3) is 0.500. The van der Waals surface area contributed by atoms with Gasteiger partial charge in [-0.25, -0.2) is 0 Å². The molecule has 1 amide bonds. The Morgan fingerprint density at radius 3 is 2.35 bits per heavy atom. The number of carbonyl (C=O) groups is 1. The average molecular weight is 318 g/mol. The standard InChI is InChI=1S/C14H20ClN3O.ClH/c1-14(2,16)13(19)18-8-6-17(7-9-18)12-5-3-4-11(15)10-12;/h3-5,10H,6-9,16H2,1-2H3;1H. The Hall–Kier alpha value is -0.970. The minimum atomic E-state index is -0.793. The third-order valence-corrected chi connectivity index (χ3v) is 3.53. The number of piperazine rings is 1. The molecule has 0 atom stereocenters. The summed E-state index contributed by atoms with van der Waals surface area (Å²) >= 11 is 6.00. The van der Waals surface area contributed by atoms with E-state index in [4.69, 9.17) is 17.3 Å². The summed E-state index contributed by atoms with van der Waals surface area (Å²) in [6.07, 6.45) is 0. The third kappa shape index (κ3) is 4.01. The molecule has 0 aromatic heterocycles. The van der Waals surface area contributed by atoms with E-state index < -0.39 is 5.54 Å². The number of nitrogens with two attached hydrogens (primary N) is 1. The Morgan fingerprint density at radius 2 is 1.85 bits per heavy atom. The van der Waals surface area contributed by atoms with Crippen LogP contribution in [0.2, 0.25) is 5.02 Å². The summed E-state index contributed by atoms with van der Waals surface area (Å²) in [6, 6.07) is 7.79. The number of benzene rings is 1. The number of halogens is 2. The van der Waals surface area contributed by atoms with Gasteiger partial charge in [0.25, 0.3) is 0 Å². The summed E-state index contributed by atoms with van der Waals surface area (Å²) in [5.74, 6) is 0.0123. The van der Waals surface area contributed by atoms with Gasteiger partial charge < -0.3 is 15.5 Å². The Kier molecular flexibility index (Phi) is 5.68. The van der Waals surface area contributed by atoms with Crippen LogP contribution in [0, 0.1) is 0 Å². The van der Waals surface area contributed by atoms with Crippen LogP contribution >= 0.6 is 24.0 Å². The SMILES string of the molecule is CC(C)(N)C(=O)N1CCN(c2cccc(Cl)c2)CC1.Cl. The van der Waals surface area contributed by atoms with Crippen molar-refractivity contribution in [1.29, 1.82) is 0 Å². The highest BCUT2D eigenvalue weighted by molar-refractivity contribution is 6.30. The van der Waals surface area contributed by atoms with Crippen molar-refractivity contribution in [2.24, 2.45) is 5.73 Å². The molecule has 1 saturated heterocycles. The van der Waals surface area contributed by atoms with Gasteiger partial charge in [0.2, 0.25) is 5.91 Å².